The summed E-state index contributed by atoms with van der Waals surface area (Å²) in [7, 11) is 1.99. The third kappa shape index (κ3) is 2.72. The van der Waals surface area contributed by atoms with Crippen molar-refractivity contribution in [2.45, 2.75) is 45.4 Å². The van der Waals surface area contributed by atoms with Crippen LogP contribution in [0.25, 0.3) is 0 Å². The molecule has 0 atom stereocenters. The van der Waals surface area contributed by atoms with Crippen LogP contribution in [0.4, 0.5) is 11.5 Å². The molecular formula is C15H26N4. The Morgan fingerprint density at radius 1 is 1.32 bits per heavy atom. The van der Waals surface area contributed by atoms with Crippen molar-refractivity contribution in [2.75, 3.05) is 17.6 Å². The van der Waals surface area contributed by atoms with E-state index in [9.17, 15) is 0 Å². The second kappa shape index (κ2) is 5.06. The fourth-order valence-corrected chi connectivity index (χ4v) is 3.21. The summed E-state index contributed by atoms with van der Waals surface area (Å²) in [5, 5.41) is 8.11. The van der Waals surface area contributed by atoms with Crippen LogP contribution in [0.15, 0.2) is 0 Å². The number of nitrogens with one attached hydrogen (secondary N) is 1. The third-order valence-corrected chi connectivity index (χ3v) is 4.61. The zero-order chi connectivity index (χ0) is 13.4. The summed E-state index contributed by atoms with van der Waals surface area (Å²) in [5.41, 5.74) is 8.11. The van der Waals surface area contributed by atoms with Gasteiger partial charge in [0.25, 0.3) is 0 Å². The van der Waals surface area contributed by atoms with Gasteiger partial charge in [0.05, 0.1) is 11.4 Å². The Kier molecular flexibility index (Phi) is 3.42. The lowest BCUT2D eigenvalue weighted by molar-refractivity contribution is 0.427. The molecule has 106 valence electrons. The summed E-state index contributed by atoms with van der Waals surface area (Å²) in [6.45, 7) is 3.24. The molecule has 2 saturated carbocycles. The highest BCUT2D eigenvalue weighted by Crippen LogP contribution is 2.49. The quantitative estimate of drug-likeness (QED) is 0.794. The van der Waals surface area contributed by atoms with Gasteiger partial charge >= 0.3 is 0 Å². The Bertz CT molecular complexity index is 431. The molecule has 0 spiro atoms. The minimum absolute atomic E-state index is 0.856. The van der Waals surface area contributed by atoms with E-state index in [-0.39, 0.29) is 0 Å². The van der Waals surface area contributed by atoms with Gasteiger partial charge in [-0.25, -0.2) is 0 Å². The Morgan fingerprint density at radius 2 is 1.95 bits per heavy atom. The van der Waals surface area contributed by atoms with Crippen molar-refractivity contribution in [1.29, 1.82) is 0 Å². The van der Waals surface area contributed by atoms with E-state index in [0.29, 0.717) is 0 Å². The van der Waals surface area contributed by atoms with Crippen molar-refractivity contribution >= 4 is 11.5 Å². The molecule has 3 rings (SSSR count). The fourth-order valence-electron chi connectivity index (χ4n) is 3.21. The molecule has 0 saturated heterocycles. The average Bonchev–Trinajstić information content (AvgIpc) is 3.26. The molecule has 0 bridgehead atoms. The van der Waals surface area contributed by atoms with E-state index in [4.69, 9.17) is 5.73 Å². The Hall–Kier alpha value is -1.19. The topological polar surface area (TPSA) is 55.9 Å². The second-order valence-corrected chi connectivity index (χ2v) is 6.30. The molecule has 0 amide bonds. The smallest absolute Gasteiger partial charge is 0.147 e. The molecule has 2 fully saturated rings. The predicted molar refractivity (Wildman–Crippen MR) is 79.0 cm³/mol. The van der Waals surface area contributed by atoms with Crippen LogP contribution in [-0.4, -0.2) is 16.3 Å². The van der Waals surface area contributed by atoms with Gasteiger partial charge in [-0.05, 0) is 49.9 Å². The van der Waals surface area contributed by atoms with E-state index < -0.39 is 0 Å². The second-order valence-electron chi connectivity index (χ2n) is 6.30. The van der Waals surface area contributed by atoms with Gasteiger partial charge in [-0.15, -0.1) is 0 Å². The van der Waals surface area contributed by atoms with Crippen LogP contribution in [0.5, 0.6) is 0 Å². The molecule has 0 aliphatic heterocycles. The summed E-state index contributed by atoms with van der Waals surface area (Å²) in [4.78, 5) is 0. The molecule has 0 unspecified atom stereocenters. The molecule has 4 nitrogen and oxygen atoms in total. The van der Waals surface area contributed by atoms with Crippen LogP contribution < -0.4 is 11.1 Å². The Morgan fingerprint density at radius 3 is 2.47 bits per heavy atom. The molecule has 2 aliphatic rings. The molecule has 0 aromatic carbocycles. The number of aryl methyl sites for hydroxylation is 2. The SMILES string of the molecule is CCCc1nn(C)c(NCC(C2CC2)C2CC2)c1N. The zero-order valence-corrected chi connectivity index (χ0v) is 12.2. The summed E-state index contributed by atoms with van der Waals surface area (Å²) >= 11 is 0. The van der Waals surface area contributed by atoms with Gasteiger partial charge in [-0.2, -0.15) is 5.10 Å². The largest absolute Gasteiger partial charge is 0.394 e. The first-order valence-corrected chi connectivity index (χ1v) is 7.76. The summed E-state index contributed by atoms with van der Waals surface area (Å²) < 4.78 is 1.91. The monoisotopic (exact) mass is 262 g/mol. The first-order valence-electron chi connectivity index (χ1n) is 7.76. The lowest BCUT2D eigenvalue weighted by Gasteiger charge is -2.17. The van der Waals surface area contributed by atoms with Crippen molar-refractivity contribution in [3.05, 3.63) is 5.69 Å². The Labute approximate surface area is 115 Å². The maximum atomic E-state index is 6.21. The third-order valence-electron chi connectivity index (χ3n) is 4.61. The van der Waals surface area contributed by atoms with Gasteiger partial charge in [0.1, 0.15) is 5.82 Å². The molecular weight excluding hydrogens is 236 g/mol. The van der Waals surface area contributed by atoms with Crippen LogP contribution in [0.1, 0.15) is 44.7 Å². The molecule has 1 aromatic rings. The van der Waals surface area contributed by atoms with Gasteiger partial charge in [0.2, 0.25) is 0 Å². The van der Waals surface area contributed by atoms with Crippen LogP contribution in [0.2, 0.25) is 0 Å². The molecule has 1 heterocycles. The summed E-state index contributed by atoms with van der Waals surface area (Å²) in [6, 6.07) is 0. The standard InChI is InChI=1S/C15H26N4/c1-3-4-13-14(16)15(19(2)18-13)17-9-12(10-5-6-10)11-7-8-11/h10-12,17H,3-9,16H2,1-2H3. The van der Waals surface area contributed by atoms with Crippen molar-refractivity contribution in [2.24, 2.45) is 24.8 Å². The highest BCUT2D eigenvalue weighted by atomic mass is 15.3. The number of rotatable bonds is 7. The van der Waals surface area contributed by atoms with Crippen molar-refractivity contribution in [1.82, 2.24) is 9.78 Å². The molecule has 0 radical (unpaired) electrons. The highest BCUT2D eigenvalue weighted by molar-refractivity contribution is 5.65. The zero-order valence-electron chi connectivity index (χ0n) is 12.2. The first kappa shape index (κ1) is 12.8. The van der Waals surface area contributed by atoms with E-state index in [2.05, 4.69) is 17.3 Å². The van der Waals surface area contributed by atoms with E-state index in [1.54, 1.807) is 0 Å². The van der Waals surface area contributed by atoms with Gasteiger partial charge in [-0.3, -0.25) is 4.68 Å². The lowest BCUT2D eigenvalue weighted by Crippen LogP contribution is -2.20. The minimum atomic E-state index is 0.856. The van der Waals surface area contributed by atoms with Crippen LogP contribution in [0, 0.1) is 17.8 Å². The number of hydrogen-bond donors (Lipinski definition) is 2. The van der Waals surface area contributed by atoms with Gasteiger partial charge in [0, 0.05) is 13.6 Å². The first-order chi connectivity index (χ1) is 9.20. The highest BCUT2D eigenvalue weighted by Gasteiger charge is 2.41. The van der Waals surface area contributed by atoms with Crippen molar-refractivity contribution < 1.29 is 0 Å². The number of anilines is 2. The Balaban J connectivity index is 1.65. The normalized spacial score (nSPS) is 19.1. The number of nitrogens with zero attached hydrogens (tertiary/aromatic N) is 2. The van der Waals surface area contributed by atoms with Crippen molar-refractivity contribution in [3.63, 3.8) is 0 Å². The van der Waals surface area contributed by atoms with Crippen LogP contribution in [-0.2, 0) is 13.5 Å². The maximum absolute atomic E-state index is 6.21. The number of nitrogen functional groups attached to an aromatic ring is 1. The van der Waals surface area contributed by atoms with E-state index in [0.717, 1.165) is 54.3 Å². The lowest BCUT2D eigenvalue weighted by atomic mass is 9.98. The van der Waals surface area contributed by atoms with Gasteiger partial charge in [0.15, 0.2) is 0 Å². The summed E-state index contributed by atoms with van der Waals surface area (Å²) in [6.07, 6.45) is 7.80. The predicted octanol–water partition coefficient (Wildman–Crippen LogP) is 2.80. The maximum Gasteiger partial charge on any atom is 0.147 e. The number of aromatic nitrogens is 2. The fraction of sp³-hybridized carbons (Fsp3) is 0.800. The summed E-state index contributed by atoms with van der Waals surface area (Å²) in [5.74, 6) is 3.84. The average molecular weight is 262 g/mol. The molecule has 19 heavy (non-hydrogen) atoms. The molecule has 3 N–H and O–H groups in total. The van der Waals surface area contributed by atoms with E-state index >= 15 is 0 Å². The van der Waals surface area contributed by atoms with Crippen molar-refractivity contribution in [3.8, 4) is 0 Å². The number of hydrogen-bond acceptors (Lipinski definition) is 3. The van der Waals surface area contributed by atoms with Crippen LogP contribution in [0.3, 0.4) is 0 Å². The van der Waals surface area contributed by atoms with E-state index in [1.807, 2.05) is 11.7 Å². The molecule has 1 aromatic heterocycles. The van der Waals surface area contributed by atoms with Crippen LogP contribution >= 0.6 is 0 Å². The van der Waals surface area contributed by atoms with Gasteiger partial charge < -0.3 is 11.1 Å². The van der Waals surface area contributed by atoms with Gasteiger partial charge in [-0.1, -0.05) is 13.3 Å². The minimum Gasteiger partial charge on any atom is -0.394 e. The van der Waals surface area contributed by atoms with E-state index in [1.165, 1.54) is 25.7 Å². The number of nitrogens with two attached hydrogens (primary N) is 1. The molecule has 4 heteroatoms. The molecule has 2 aliphatic carbocycles.